The summed E-state index contributed by atoms with van der Waals surface area (Å²) in [7, 11) is -4.44. The molecular weight excluding hydrogens is 272 g/mol. The molecule has 2 aromatic rings. The van der Waals surface area contributed by atoms with Crippen LogP contribution < -0.4 is 5.73 Å². The molecule has 0 saturated carbocycles. The van der Waals surface area contributed by atoms with Gasteiger partial charge in [0.1, 0.15) is 6.04 Å². The van der Waals surface area contributed by atoms with Gasteiger partial charge in [-0.25, -0.2) is 3.97 Å². The van der Waals surface area contributed by atoms with Crippen LogP contribution in [0.2, 0.25) is 0 Å². The van der Waals surface area contributed by atoms with Gasteiger partial charge in [-0.2, -0.15) is 8.42 Å². The zero-order valence-corrected chi connectivity index (χ0v) is 10.5. The summed E-state index contributed by atoms with van der Waals surface area (Å²) in [5.41, 5.74) is 6.16. The lowest BCUT2D eigenvalue weighted by Crippen LogP contribution is -2.32. The van der Waals surface area contributed by atoms with Gasteiger partial charge in [-0.3, -0.25) is 9.35 Å². The van der Waals surface area contributed by atoms with E-state index >= 15 is 0 Å². The van der Waals surface area contributed by atoms with Crippen molar-refractivity contribution in [2.45, 2.75) is 12.5 Å². The maximum absolute atomic E-state index is 11.3. The number of hydrogen-bond donors (Lipinski definition) is 3. The molecule has 1 atom stereocenters. The number of para-hydroxylation sites is 1. The number of benzene rings is 1. The van der Waals surface area contributed by atoms with Crippen LogP contribution in [0.1, 0.15) is 5.56 Å². The molecule has 0 bridgehead atoms. The Labute approximate surface area is 109 Å². The SMILES string of the molecule is N[C@@H](Cc1cn(S(=O)(=O)O)c2ccccc12)C(=O)O. The largest absolute Gasteiger partial charge is 0.480 e. The number of carbonyl (C=O) groups is 1. The quantitative estimate of drug-likeness (QED) is 0.691. The molecule has 1 aromatic heterocycles. The Hall–Kier alpha value is -1.90. The highest BCUT2D eigenvalue weighted by molar-refractivity contribution is 7.84. The van der Waals surface area contributed by atoms with Gasteiger partial charge < -0.3 is 10.8 Å². The van der Waals surface area contributed by atoms with Crippen LogP contribution in [0.25, 0.3) is 10.9 Å². The molecule has 0 aliphatic heterocycles. The first-order chi connectivity index (χ1) is 8.80. The summed E-state index contributed by atoms with van der Waals surface area (Å²) in [5, 5.41) is 9.32. The third-order valence-corrected chi connectivity index (χ3v) is 3.57. The van der Waals surface area contributed by atoms with Crippen molar-refractivity contribution in [1.29, 1.82) is 0 Å². The number of aliphatic carboxylic acids is 1. The van der Waals surface area contributed by atoms with Crippen molar-refractivity contribution in [3.63, 3.8) is 0 Å². The predicted molar refractivity (Wildman–Crippen MR) is 68.2 cm³/mol. The third-order valence-electron chi connectivity index (χ3n) is 2.77. The van der Waals surface area contributed by atoms with E-state index in [0.717, 1.165) is 0 Å². The Balaban J connectivity index is 2.60. The first kappa shape index (κ1) is 13.5. The maximum atomic E-state index is 11.3. The molecule has 19 heavy (non-hydrogen) atoms. The molecule has 7 nitrogen and oxygen atoms in total. The molecule has 8 heteroatoms. The molecule has 1 heterocycles. The van der Waals surface area contributed by atoms with E-state index in [-0.39, 0.29) is 11.9 Å². The Morgan fingerprint density at radius 3 is 2.58 bits per heavy atom. The van der Waals surface area contributed by atoms with E-state index in [1.165, 1.54) is 12.3 Å². The average Bonchev–Trinajstić information content (AvgIpc) is 2.68. The van der Waals surface area contributed by atoms with Gasteiger partial charge >= 0.3 is 16.3 Å². The van der Waals surface area contributed by atoms with E-state index < -0.39 is 22.3 Å². The first-order valence-corrected chi connectivity index (χ1v) is 6.75. The fourth-order valence-corrected chi connectivity index (χ4v) is 2.56. The Kier molecular flexibility index (Phi) is 3.31. The van der Waals surface area contributed by atoms with Crippen LogP contribution in [0.15, 0.2) is 30.5 Å². The van der Waals surface area contributed by atoms with Crippen molar-refractivity contribution in [1.82, 2.24) is 3.97 Å². The molecule has 2 rings (SSSR count). The number of fused-ring (bicyclic) bond motifs is 1. The zero-order valence-electron chi connectivity index (χ0n) is 9.72. The van der Waals surface area contributed by atoms with Crippen molar-refractivity contribution >= 4 is 27.2 Å². The number of rotatable bonds is 4. The van der Waals surface area contributed by atoms with E-state index in [1.807, 2.05) is 0 Å². The maximum Gasteiger partial charge on any atom is 0.363 e. The summed E-state index contributed by atoms with van der Waals surface area (Å²) >= 11 is 0. The van der Waals surface area contributed by atoms with Crippen LogP contribution in [0.3, 0.4) is 0 Å². The number of hydrogen-bond acceptors (Lipinski definition) is 4. The van der Waals surface area contributed by atoms with Crippen molar-refractivity contribution in [2.75, 3.05) is 0 Å². The normalized spacial score (nSPS) is 13.6. The van der Waals surface area contributed by atoms with Crippen molar-refractivity contribution in [3.8, 4) is 0 Å². The summed E-state index contributed by atoms with van der Waals surface area (Å²) in [6.07, 6.45) is 1.15. The second kappa shape index (κ2) is 4.65. The minimum atomic E-state index is -4.44. The van der Waals surface area contributed by atoms with Gasteiger partial charge in [0, 0.05) is 18.0 Å². The molecule has 1 aromatic carbocycles. The Morgan fingerprint density at radius 2 is 2.00 bits per heavy atom. The highest BCUT2D eigenvalue weighted by atomic mass is 32.2. The van der Waals surface area contributed by atoms with Crippen LogP contribution in [-0.2, 0) is 21.5 Å². The van der Waals surface area contributed by atoms with E-state index in [1.54, 1.807) is 18.2 Å². The summed E-state index contributed by atoms with van der Waals surface area (Å²) in [4.78, 5) is 10.7. The van der Waals surface area contributed by atoms with Crippen LogP contribution in [0.5, 0.6) is 0 Å². The predicted octanol–water partition coefficient (Wildman–Crippen LogP) is 0.247. The first-order valence-electron chi connectivity index (χ1n) is 5.36. The number of carboxylic acids is 1. The number of nitrogens with zero attached hydrogens (tertiary/aromatic N) is 1. The molecule has 0 aliphatic carbocycles. The number of aromatic nitrogens is 1. The molecule has 0 spiro atoms. The van der Waals surface area contributed by atoms with Crippen molar-refractivity contribution in [2.24, 2.45) is 5.73 Å². The molecule has 0 saturated heterocycles. The highest BCUT2D eigenvalue weighted by Gasteiger charge is 2.19. The lowest BCUT2D eigenvalue weighted by Gasteiger charge is -2.04. The lowest BCUT2D eigenvalue weighted by molar-refractivity contribution is -0.138. The fraction of sp³-hybridized carbons (Fsp3) is 0.182. The van der Waals surface area contributed by atoms with Crippen molar-refractivity contribution < 1.29 is 22.9 Å². The zero-order chi connectivity index (χ0) is 14.2. The molecule has 0 unspecified atom stereocenters. The summed E-state index contributed by atoms with van der Waals surface area (Å²) in [6, 6.07) is 5.32. The van der Waals surface area contributed by atoms with Gasteiger partial charge in [-0.15, -0.1) is 0 Å². The van der Waals surface area contributed by atoms with Crippen LogP contribution in [-0.4, -0.2) is 34.1 Å². The molecule has 0 radical (unpaired) electrons. The van der Waals surface area contributed by atoms with E-state index in [4.69, 9.17) is 15.4 Å². The molecule has 0 amide bonds. The van der Waals surface area contributed by atoms with Crippen molar-refractivity contribution in [3.05, 3.63) is 36.0 Å². The van der Waals surface area contributed by atoms with Gasteiger partial charge in [0.2, 0.25) is 0 Å². The molecule has 102 valence electrons. The van der Waals surface area contributed by atoms with Gasteiger partial charge in [-0.1, -0.05) is 18.2 Å². The van der Waals surface area contributed by atoms with Gasteiger partial charge in [0.15, 0.2) is 0 Å². The molecular formula is C11H12N2O5S. The standard InChI is InChI=1S/C11H12N2O5S/c12-9(11(14)15)5-7-6-13(19(16,17)18)10-4-2-1-3-8(7)10/h1-4,6,9H,5,12H2,(H,14,15)(H,16,17,18)/t9-/m0/s1. The summed E-state index contributed by atoms with van der Waals surface area (Å²) in [6.45, 7) is 0. The van der Waals surface area contributed by atoms with Crippen LogP contribution in [0, 0.1) is 0 Å². The summed E-state index contributed by atoms with van der Waals surface area (Å²) in [5.74, 6) is -1.18. The Bertz CT molecular complexity index is 735. The monoisotopic (exact) mass is 284 g/mol. The smallest absolute Gasteiger partial charge is 0.363 e. The lowest BCUT2D eigenvalue weighted by atomic mass is 10.1. The van der Waals surface area contributed by atoms with Gasteiger partial charge in [0.05, 0.1) is 5.52 Å². The minimum Gasteiger partial charge on any atom is -0.480 e. The van der Waals surface area contributed by atoms with Gasteiger partial charge in [-0.05, 0) is 11.6 Å². The molecule has 0 aliphatic rings. The van der Waals surface area contributed by atoms with E-state index in [2.05, 4.69) is 0 Å². The second-order valence-electron chi connectivity index (χ2n) is 4.09. The van der Waals surface area contributed by atoms with Gasteiger partial charge in [0.25, 0.3) is 0 Å². The van der Waals surface area contributed by atoms with Crippen LogP contribution in [0.4, 0.5) is 0 Å². The average molecular weight is 284 g/mol. The van der Waals surface area contributed by atoms with E-state index in [0.29, 0.717) is 14.9 Å². The van der Waals surface area contributed by atoms with Crippen LogP contribution >= 0.6 is 0 Å². The minimum absolute atomic E-state index is 0.0294. The number of nitrogens with two attached hydrogens (primary N) is 1. The molecule has 0 fully saturated rings. The highest BCUT2D eigenvalue weighted by Crippen LogP contribution is 2.23. The third kappa shape index (κ3) is 2.60. The summed E-state index contributed by atoms with van der Waals surface area (Å²) < 4.78 is 32.3. The second-order valence-corrected chi connectivity index (χ2v) is 5.38. The fourth-order valence-electron chi connectivity index (χ4n) is 1.90. The van der Waals surface area contributed by atoms with E-state index in [9.17, 15) is 13.2 Å². The topological polar surface area (TPSA) is 123 Å². The Morgan fingerprint density at radius 1 is 1.37 bits per heavy atom. The number of carboxylic acid groups (broad SMARTS) is 1. The molecule has 4 N–H and O–H groups in total.